The molecule has 1 fully saturated rings. The quantitative estimate of drug-likeness (QED) is 0.884. The minimum absolute atomic E-state index is 0.356. The van der Waals surface area contributed by atoms with Crippen LogP contribution in [0.15, 0.2) is 4.47 Å². The van der Waals surface area contributed by atoms with Crippen molar-refractivity contribution in [3.05, 3.63) is 16.0 Å². The highest BCUT2D eigenvalue weighted by Crippen LogP contribution is 2.42. The van der Waals surface area contributed by atoms with E-state index in [0.29, 0.717) is 17.1 Å². The molecule has 2 rings (SSSR count). The Bertz CT molecular complexity index is 447. The van der Waals surface area contributed by atoms with Gasteiger partial charge in [0, 0.05) is 30.9 Å². The largest absolute Gasteiger partial charge is 0.378 e. The number of methoxy groups -OCH3 is 1. The summed E-state index contributed by atoms with van der Waals surface area (Å²) in [6, 6.07) is 0. The first kappa shape index (κ1) is 15.4. The van der Waals surface area contributed by atoms with Gasteiger partial charge in [0.15, 0.2) is 0 Å². The molecule has 0 aromatic carbocycles. The fraction of sp³-hybridized carbons (Fsp3) is 0.667. The minimum atomic E-state index is 0.356. The molecule has 1 aromatic rings. The van der Waals surface area contributed by atoms with Crippen LogP contribution in [0.3, 0.4) is 0 Å². The van der Waals surface area contributed by atoms with Crippen molar-refractivity contribution >= 4 is 45.3 Å². The maximum absolute atomic E-state index is 5.22. The van der Waals surface area contributed by atoms with Crippen LogP contribution in [0.5, 0.6) is 0 Å². The van der Waals surface area contributed by atoms with Crippen LogP contribution in [0, 0.1) is 0 Å². The van der Waals surface area contributed by atoms with E-state index in [4.69, 9.17) is 4.74 Å². The molecule has 106 valence electrons. The number of hydrogen-bond donors (Lipinski definition) is 1. The summed E-state index contributed by atoms with van der Waals surface area (Å²) in [5, 5.41) is 4.02. The van der Waals surface area contributed by atoms with Crippen molar-refractivity contribution < 1.29 is 4.74 Å². The zero-order valence-corrected chi connectivity index (χ0v) is 14.5. The van der Waals surface area contributed by atoms with Crippen molar-refractivity contribution in [2.75, 3.05) is 31.0 Å². The van der Waals surface area contributed by atoms with E-state index >= 15 is 0 Å². The van der Waals surface area contributed by atoms with E-state index < -0.39 is 0 Å². The monoisotopic (exact) mass is 363 g/mol. The summed E-state index contributed by atoms with van der Waals surface area (Å²) in [6.07, 6.45) is 0. The van der Waals surface area contributed by atoms with E-state index in [2.05, 4.69) is 38.1 Å². The number of rotatable bonds is 4. The Balaban J connectivity index is 2.36. The Morgan fingerprint density at radius 3 is 2.74 bits per heavy atom. The summed E-state index contributed by atoms with van der Waals surface area (Å²) in [4.78, 5) is 9.34. The van der Waals surface area contributed by atoms with E-state index in [1.807, 2.05) is 30.6 Å². The van der Waals surface area contributed by atoms with Gasteiger partial charge in [-0.15, -0.1) is 11.8 Å². The second kappa shape index (κ2) is 7.15. The number of ether oxygens (including phenoxy) is 1. The normalized spacial score (nSPS) is 23.4. The molecule has 2 heterocycles. The summed E-state index contributed by atoms with van der Waals surface area (Å²) in [7, 11) is 3.56. The summed E-state index contributed by atoms with van der Waals surface area (Å²) < 4.78 is 6.11. The van der Waals surface area contributed by atoms with Gasteiger partial charge >= 0.3 is 0 Å². The summed E-state index contributed by atoms with van der Waals surface area (Å²) in [5.74, 6) is 4.11. The Morgan fingerprint density at radius 1 is 1.37 bits per heavy atom. The average molecular weight is 364 g/mol. The van der Waals surface area contributed by atoms with Crippen LogP contribution >= 0.6 is 39.5 Å². The van der Waals surface area contributed by atoms with Crippen molar-refractivity contribution in [1.29, 1.82) is 0 Å². The Morgan fingerprint density at radius 2 is 2.11 bits per heavy atom. The zero-order chi connectivity index (χ0) is 13.8. The molecule has 4 nitrogen and oxygen atoms in total. The van der Waals surface area contributed by atoms with Gasteiger partial charge in [0.2, 0.25) is 0 Å². The average Bonchev–Trinajstić information content (AvgIpc) is 2.42. The highest BCUT2D eigenvalue weighted by atomic mass is 79.9. The first-order valence-electron chi connectivity index (χ1n) is 6.13. The highest BCUT2D eigenvalue weighted by molar-refractivity contribution is 9.10. The van der Waals surface area contributed by atoms with E-state index in [0.717, 1.165) is 27.6 Å². The van der Waals surface area contributed by atoms with Gasteiger partial charge in [-0.05, 0) is 15.9 Å². The van der Waals surface area contributed by atoms with Gasteiger partial charge in [0.1, 0.15) is 11.6 Å². The molecule has 19 heavy (non-hydrogen) atoms. The van der Waals surface area contributed by atoms with E-state index in [1.54, 1.807) is 7.11 Å². The molecule has 2 unspecified atom stereocenters. The van der Waals surface area contributed by atoms with Gasteiger partial charge in [-0.1, -0.05) is 6.92 Å². The molecule has 1 aliphatic heterocycles. The van der Waals surface area contributed by atoms with Gasteiger partial charge in [-0.25, -0.2) is 9.97 Å². The first-order chi connectivity index (χ1) is 9.17. The number of nitrogens with one attached hydrogen (secondary N) is 1. The number of halogens is 1. The molecule has 1 aromatic heterocycles. The third-order valence-electron chi connectivity index (χ3n) is 2.90. The lowest BCUT2D eigenvalue weighted by atomic mass is 10.3. The number of hydrogen-bond acceptors (Lipinski definition) is 6. The Labute approximate surface area is 131 Å². The fourth-order valence-corrected chi connectivity index (χ4v) is 5.13. The van der Waals surface area contributed by atoms with Crippen molar-refractivity contribution in [2.24, 2.45) is 0 Å². The smallest absolute Gasteiger partial charge is 0.145 e. The van der Waals surface area contributed by atoms with Crippen LogP contribution in [0.2, 0.25) is 0 Å². The molecular weight excluding hydrogens is 346 g/mol. The fourth-order valence-electron chi connectivity index (χ4n) is 1.95. The molecule has 7 heteroatoms. The van der Waals surface area contributed by atoms with Crippen LogP contribution in [0.4, 0.5) is 5.82 Å². The molecule has 1 aliphatic rings. The Hall–Kier alpha value is 0.0200. The van der Waals surface area contributed by atoms with Gasteiger partial charge in [-0.3, -0.25) is 0 Å². The van der Waals surface area contributed by atoms with Gasteiger partial charge in [0.05, 0.1) is 22.0 Å². The SMILES string of the molecule is CNc1nc(C2SCCSC2C)nc(COC)c1Br. The summed E-state index contributed by atoms with van der Waals surface area (Å²) in [6.45, 7) is 2.74. The zero-order valence-electron chi connectivity index (χ0n) is 11.3. The molecular formula is C12H18BrN3OS2. The third-order valence-corrected chi connectivity index (χ3v) is 6.82. The van der Waals surface area contributed by atoms with Gasteiger partial charge in [0.25, 0.3) is 0 Å². The molecule has 0 radical (unpaired) electrons. The first-order valence-corrected chi connectivity index (χ1v) is 9.02. The summed E-state index contributed by atoms with van der Waals surface area (Å²) >= 11 is 7.48. The standard InChI is InChI=1S/C12H18BrN3OS2/c1-7-10(19-5-4-18-7)12-15-8(6-17-3)9(13)11(14-2)16-12/h7,10H,4-6H2,1-3H3,(H,14,15,16). The van der Waals surface area contributed by atoms with Crippen molar-refractivity contribution in [3.8, 4) is 0 Å². The van der Waals surface area contributed by atoms with E-state index in [-0.39, 0.29) is 0 Å². The summed E-state index contributed by atoms with van der Waals surface area (Å²) in [5.41, 5.74) is 0.903. The third kappa shape index (κ3) is 3.56. The number of anilines is 1. The van der Waals surface area contributed by atoms with Crippen molar-refractivity contribution in [3.63, 3.8) is 0 Å². The maximum atomic E-state index is 5.22. The molecule has 0 aliphatic carbocycles. The van der Waals surface area contributed by atoms with Crippen molar-refractivity contribution in [2.45, 2.75) is 24.0 Å². The Kier molecular flexibility index (Phi) is 5.80. The van der Waals surface area contributed by atoms with Crippen LogP contribution in [0.1, 0.15) is 23.7 Å². The predicted octanol–water partition coefficient (Wildman–Crippen LogP) is 3.34. The van der Waals surface area contributed by atoms with Crippen LogP contribution in [-0.4, -0.2) is 40.9 Å². The van der Waals surface area contributed by atoms with E-state index in [9.17, 15) is 0 Å². The molecule has 0 spiro atoms. The van der Waals surface area contributed by atoms with Gasteiger partial charge in [-0.2, -0.15) is 11.8 Å². The second-order valence-electron chi connectivity index (χ2n) is 4.24. The lowest BCUT2D eigenvalue weighted by molar-refractivity contribution is 0.180. The van der Waals surface area contributed by atoms with Crippen LogP contribution in [-0.2, 0) is 11.3 Å². The lowest BCUT2D eigenvalue weighted by Crippen LogP contribution is -2.19. The van der Waals surface area contributed by atoms with Crippen LogP contribution < -0.4 is 5.32 Å². The van der Waals surface area contributed by atoms with Crippen LogP contribution in [0.25, 0.3) is 0 Å². The molecule has 2 atom stereocenters. The molecule has 1 N–H and O–H groups in total. The maximum Gasteiger partial charge on any atom is 0.145 e. The minimum Gasteiger partial charge on any atom is -0.378 e. The van der Waals surface area contributed by atoms with Crippen molar-refractivity contribution in [1.82, 2.24) is 9.97 Å². The second-order valence-corrected chi connectivity index (χ2v) is 7.77. The number of thioether (sulfide) groups is 2. The predicted molar refractivity (Wildman–Crippen MR) is 87.1 cm³/mol. The van der Waals surface area contributed by atoms with E-state index in [1.165, 1.54) is 5.75 Å². The molecule has 0 saturated carbocycles. The topological polar surface area (TPSA) is 47.0 Å². The highest BCUT2D eigenvalue weighted by Gasteiger charge is 2.28. The van der Waals surface area contributed by atoms with Gasteiger partial charge < -0.3 is 10.1 Å². The number of nitrogens with zero attached hydrogens (tertiary/aromatic N) is 2. The lowest BCUT2D eigenvalue weighted by Gasteiger charge is -2.27. The molecule has 0 amide bonds. The molecule has 0 bridgehead atoms. The number of aromatic nitrogens is 2. The molecule has 1 saturated heterocycles.